The van der Waals surface area contributed by atoms with Gasteiger partial charge in [-0.25, -0.2) is 38.4 Å². The minimum atomic E-state index is -0.861. The summed E-state index contributed by atoms with van der Waals surface area (Å²) in [6, 6.07) is 52.0. The van der Waals surface area contributed by atoms with Crippen molar-refractivity contribution in [3.63, 3.8) is 0 Å². The molecule has 0 spiro atoms. The molecule has 4 aliphatic carbocycles. The SMILES string of the molecule is C.C.C.C.C.C.CC(COC(=O)c1ccccc1)OOC(=O)C1CCCCC1.CCC(COC(=O)c1ccccc1)(COC(=O)c1ccccc1)COC(=O)C1CCCCC1.O=C(OCC(COC(=O)c1ccccc1)OC(=O)C1CCCCC1)c1ccccc1.O=C(OCCCOOC(=O)C1CCCCC1)c1ccccc1. The number of ether oxygens (including phenoxy) is 8. The molecule has 4 saturated carbocycles. The van der Waals surface area contributed by atoms with E-state index in [1.165, 1.54) is 12.8 Å². The maximum Gasteiger partial charge on any atom is 0.345 e. The second-order valence-corrected chi connectivity index (χ2v) is 27.0. The zero-order valence-corrected chi connectivity index (χ0v) is 61.5. The number of hydrogen-bond acceptors (Lipinski definition) is 22. The lowest BCUT2D eigenvalue weighted by molar-refractivity contribution is -0.302. The summed E-state index contributed by atoms with van der Waals surface area (Å²) in [7, 11) is 0. The van der Waals surface area contributed by atoms with Gasteiger partial charge >= 0.3 is 59.7 Å². The van der Waals surface area contributed by atoms with Gasteiger partial charge in [-0.05, 0) is 138 Å². The third-order valence-corrected chi connectivity index (χ3v) is 18.7. The van der Waals surface area contributed by atoms with Crippen LogP contribution in [0.15, 0.2) is 182 Å². The predicted octanol–water partition coefficient (Wildman–Crippen LogP) is 19.8. The Morgan fingerprint density at radius 3 is 0.920 bits per heavy atom. The first-order chi connectivity index (χ1) is 52.1. The molecule has 6 aromatic rings. The average molecular weight is 1570 g/mol. The van der Waals surface area contributed by atoms with Gasteiger partial charge in [0, 0.05) is 6.42 Å². The van der Waals surface area contributed by atoms with Crippen LogP contribution in [0.5, 0.6) is 0 Å². The fraction of sp³-hybridized carbons (Fsp3) is 0.495. The highest BCUT2D eigenvalue weighted by Gasteiger charge is 2.36. The lowest BCUT2D eigenvalue weighted by atomic mass is 9.87. The highest BCUT2D eigenvalue weighted by atomic mass is 17.2. The Balaban J connectivity index is 0.000000751. The summed E-state index contributed by atoms with van der Waals surface area (Å²) >= 11 is 0. The van der Waals surface area contributed by atoms with Crippen LogP contribution < -0.4 is 0 Å². The Kier molecular flexibility index (Phi) is 51.7. The standard InChI is InChI=1S/C27H32O6.C24H26O6.2C17H22O5.6CH4/c1-2-27(18-31-24(28)21-12-6-3-7-13-21,19-32-25(29)22-14-8-4-9-15-22)20-33-26(30)23-16-10-5-11-17-23;25-22(18-10-4-1-5-11-18)28-16-21(30-24(27)20-14-8-3-9-15-20)17-29-23(26)19-12-6-2-7-13-19;1-13(12-20-16(18)14-8-4-2-5-9-14)21-22-17(19)15-10-6-3-7-11-15;18-16(14-8-3-1-4-9-14)20-12-7-13-21-22-17(19)15-10-5-2-6-11-15;;;;;;/h3-4,6-9,12-15,23H,2,5,10-11,16-20H2,1H3;1-2,4-7,10-13,20-21H,3,8-9,14-17H2;2,4-5,8-9,13,15H,3,6-7,10-12H2,1H3;1,3-4,8-9,15H,2,5-7,10-13H2;6*1H4. The molecular weight excluding hydrogens is 1440 g/mol. The van der Waals surface area contributed by atoms with Crippen molar-refractivity contribution >= 4 is 59.7 Å². The van der Waals surface area contributed by atoms with Crippen LogP contribution in [0.1, 0.15) is 262 Å². The molecular formula is C91H126O22. The van der Waals surface area contributed by atoms with Crippen LogP contribution in [0.25, 0.3) is 0 Å². The third-order valence-electron chi connectivity index (χ3n) is 18.7. The summed E-state index contributed by atoms with van der Waals surface area (Å²) < 4.78 is 43.2. The fourth-order valence-electron chi connectivity index (χ4n) is 12.1. The molecule has 1 unspecified atom stereocenters. The first-order valence-electron chi connectivity index (χ1n) is 37.5. The van der Waals surface area contributed by atoms with E-state index in [9.17, 15) is 47.9 Å². The van der Waals surface area contributed by atoms with Crippen molar-refractivity contribution in [2.24, 2.45) is 29.1 Å². The Labute approximate surface area is 671 Å². The van der Waals surface area contributed by atoms with Crippen LogP contribution in [-0.4, -0.2) is 125 Å². The van der Waals surface area contributed by atoms with E-state index >= 15 is 0 Å². The number of carbonyl (C=O) groups is 10. The highest BCUT2D eigenvalue weighted by Crippen LogP contribution is 2.31. The Hall–Kier alpha value is -10.1. The van der Waals surface area contributed by atoms with Crippen LogP contribution >= 0.6 is 0 Å². The third kappa shape index (κ3) is 37.9. The number of hydrogen-bond donors (Lipinski definition) is 0. The second kappa shape index (κ2) is 57.9. The molecule has 0 aromatic heterocycles. The van der Waals surface area contributed by atoms with Gasteiger partial charge in [0.1, 0.15) is 45.7 Å². The van der Waals surface area contributed by atoms with Crippen molar-refractivity contribution in [1.82, 2.24) is 0 Å². The number of benzene rings is 6. The first-order valence-corrected chi connectivity index (χ1v) is 37.5. The first kappa shape index (κ1) is 101. The molecule has 6 aromatic carbocycles. The number of esters is 8. The lowest BCUT2D eigenvalue weighted by Crippen LogP contribution is -2.40. The van der Waals surface area contributed by atoms with Crippen LogP contribution in [0.2, 0.25) is 0 Å². The lowest BCUT2D eigenvalue weighted by Gasteiger charge is -2.32. The highest BCUT2D eigenvalue weighted by molar-refractivity contribution is 5.92. The van der Waals surface area contributed by atoms with Gasteiger partial charge in [-0.3, -0.25) is 19.4 Å². The van der Waals surface area contributed by atoms with E-state index in [0.717, 1.165) is 116 Å². The smallest absolute Gasteiger partial charge is 0.345 e. The molecule has 1 atom stereocenters. The second-order valence-electron chi connectivity index (χ2n) is 27.0. The topological polar surface area (TPSA) is 281 Å². The van der Waals surface area contributed by atoms with Crippen LogP contribution in [-0.2, 0) is 76.6 Å². The van der Waals surface area contributed by atoms with Crippen LogP contribution in [0.3, 0.4) is 0 Å². The van der Waals surface area contributed by atoms with Crippen molar-refractivity contribution in [3.8, 4) is 0 Å². The zero-order valence-electron chi connectivity index (χ0n) is 61.5. The minimum absolute atomic E-state index is 0. The summed E-state index contributed by atoms with van der Waals surface area (Å²) in [6.45, 7) is 3.66. The molecule has 4 fully saturated rings. The summed E-state index contributed by atoms with van der Waals surface area (Å²) in [5, 5.41) is 0. The maximum absolute atomic E-state index is 12.6. The van der Waals surface area contributed by atoms with Gasteiger partial charge in [0.15, 0.2) is 6.10 Å². The van der Waals surface area contributed by atoms with Gasteiger partial charge in [-0.1, -0.05) is 238 Å². The molecule has 0 N–H and O–H groups in total. The van der Waals surface area contributed by atoms with Crippen molar-refractivity contribution in [2.45, 2.75) is 212 Å². The van der Waals surface area contributed by atoms with Crippen LogP contribution in [0, 0.1) is 29.1 Å². The van der Waals surface area contributed by atoms with Crippen molar-refractivity contribution in [3.05, 3.63) is 215 Å². The maximum atomic E-state index is 12.6. The molecule has 4 aliphatic rings. The van der Waals surface area contributed by atoms with Crippen molar-refractivity contribution in [2.75, 3.05) is 52.9 Å². The fourth-order valence-corrected chi connectivity index (χ4v) is 12.1. The number of rotatable bonds is 31. The van der Waals surface area contributed by atoms with Crippen molar-refractivity contribution < 1.29 is 105 Å². The molecule has 0 amide bonds. The average Bonchev–Trinajstić information content (AvgIpc) is 0.842. The predicted molar refractivity (Wildman–Crippen MR) is 434 cm³/mol. The summed E-state index contributed by atoms with van der Waals surface area (Å²) in [5.74, 6) is -4.26. The molecule has 10 rings (SSSR count). The van der Waals surface area contributed by atoms with E-state index in [2.05, 4.69) is 0 Å². The van der Waals surface area contributed by atoms with Gasteiger partial charge < -0.3 is 37.9 Å². The Bertz CT molecular complexity index is 3500. The van der Waals surface area contributed by atoms with E-state index in [1.54, 1.807) is 165 Å². The molecule has 22 nitrogen and oxygen atoms in total. The van der Waals surface area contributed by atoms with Crippen LogP contribution in [0.4, 0.5) is 0 Å². The Morgan fingerprint density at radius 2 is 0.593 bits per heavy atom. The number of carbonyl (C=O) groups excluding carboxylic acids is 10. The van der Waals surface area contributed by atoms with E-state index < -0.39 is 47.5 Å². The molecule has 622 valence electrons. The van der Waals surface area contributed by atoms with Crippen molar-refractivity contribution in [1.29, 1.82) is 0 Å². The van der Waals surface area contributed by atoms with E-state index in [1.807, 2.05) is 31.2 Å². The quantitative estimate of drug-likeness (QED) is 0.0128. The van der Waals surface area contributed by atoms with E-state index in [0.29, 0.717) is 46.2 Å². The summed E-state index contributed by atoms with van der Waals surface area (Å²) in [4.78, 5) is 141. The largest absolute Gasteiger partial charge is 0.465 e. The minimum Gasteiger partial charge on any atom is -0.465 e. The van der Waals surface area contributed by atoms with Gasteiger partial charge in [-0.2, -0.15) is 9.78 Å². The molecule has 0 saturated heterocycles. The normalized spacial score (nSPS) is 14.2. The van der Waals surface area contributed by atoms with Gasteiger partial charge in [0.05, 0.1) is 75.7 Å². The van der Waals surface area contributed by atoms with Gasteiger partial charge in [0.2, 0.25) is 0 Å². The summed E-state index contributed by atoms with van der Waals surface area (Å²) in [5.41, 5.74) is 1.83. The van der Waals surface area contributed by atoms with E-state index in [4.69, 9.17) is 57.4 Å². The van der Waals surface area contributed by atoms with E-state index in [-0.39, 0.29) is 151 Å². The molecule has 0 bridgehead atoms. The van der Waals surface area contributed by atoms with Gasteiger partial charge in [0.25, 0.3) is 0 Å². The van der Waals surface area contributed by atoms with Gasteiger partial charge in [-0.15, -0.1) is 0 Å². The summed E-state index contributed by atoms with van der Waals surface area (Å²) in [6.07, 6.45) is 19.3. The molecule has 113 heavy (non-hydrogen) atoms. The molecule has 0 aliphatic heterocycles. The monoisotopic (exact) mass is 1570 g/mol. The molecule has 22 heteroatoms. The zero-order chi connectivity index (χ0) is 76.1. The molecule has 0 heterocycles. The molecule has 0 radical (unpaired) electrons. The Morgan fingerprint density at radius 1 is 0.319 bits per heavy atom.